The Morgan fingerprint density at radius 2 is 2.19 bits per heavy atom. The standard InChI is InChI=1S/C17H26BrFN2/c1-5-12(2)15-9-20-17(3,4)11-21(15)10-13-7-6-8-14(19)16(13)18/h6-8,12,15,20H,5,9-11H2,1-4H3. The van der Waals surface area contributed by atoms with Crippen LogP contribution in [-0.2, 0) is 6.54 Å². The molecule has 2 unspecified atom stereocenters. The zero-order chi connectivity index (χ0) is 15.6. The first-order valence-electron chi connectivity index (χ1n) is 7.76. The molecule has 1 aromatic rings. The minimum Gasteiger partial charge on any atom is -0.309 e. The average molecular weight is 357 g/mol. The van der Waals surface area contributed by atoms with Crippen LogP contribution in [0.1, 0.15) is 39.7 Å². The van der Waals surface area contributed by atoms with Gasteiger partial charge >= 0.3 is 0 Å². The van der Waals surface area contributed by atoms with Crippen molar-refractivity contribution in [1.29, 1.82) is 0 Å². The summed E-state index contributed by atoms with van der Waals surface area (Å²) in [5.41, 5.74) is 1.13. The average Bonchev–Trinajstić information content (AvgIpc) is 2.42. The van der Waals surface area contributed by atoms with E-state index in [-0.39, 0.29) is 11.4 Å². The van der Waals surface area contributed by atoms with Gasteiger partial charge in [-0.3, -0.25) is 4.90 Å². The van der Waals surface area contributed by atoms with E-state index in [0.29, 0.717) is 16.4 Å². The van der Waals surface area contributed by atoms with Crippen LogP contribution < -0.4 is 5.32 Å². The van der Waals surface area contributed by atoms with Crippen molar-refractivity contribution < 1.29 is 4.39 Å². The lowest BCUT2D eigenvalue weighted by Crippen LogP contribution is -2.62. The number of halogens is 2. The molecule has 0 saturated carbocycles. The molecule has 4 heteroatoms. The van der Waals surface area contributed by atoms with Crippen molar-refractivity contribution in [2.45, 2.75) is 52.2 Å². The number of piperazine rings is 1. The van der Waals surface area contributed by atoms with Gasteiger partial charge in [-0.2, -0.15) is 0 Å². The summed E-state index contributed by atoms with van der Waals surface area (Å²) in [4.78, 5) is 2.50. The smallest absolute Gasteiger partial charge is 0.137 e. The molecule has 0 spiro atoms. The maximum absolute atomic E-state index is 13.7. The molecule has 0 bridgehead atoms. The van der Waals surface area contributed by atoms with Crippen molar-refractivity contribution in [1.82, 2.24) is 10.2 Å². The molecule has 1 N–H and O–H groups in total. The molecule has 118 valence electrons. The second-order valence-electron chi connectivity index (χ2n) is 6.84. The Morgan fingerprint density at radius 1 is 1.48 bits per heavy atom. The SMILES string of the molecule is CCC(C)C1CNC(C)(C)CN1Cc1cccc(F)c1Br. The number of rotatable bonds is 4. The summed E-state index contributed by atoms with van der Waals surface area (Å²) < 4.78 is 14.3. The van der Waals surface area contributed by atoms with E-state index in [1.165, 1.54) is 6.07 Å². The summed E-state index contributed by atoms with van der Waals surface area (Å²) in [6.45, 7) is 11.8. The van der Waals surface area contributed by atoms with Crippen molar-refractivity contribution in [2.24, 2.45) is 5.92 Å². The second kappa shape index (κ2) is 6.76. The predicted octanol–water partition coefficient (Wildman–Crippen LogP) is 4.19. The molecular formula is C17H26BrFN2. The third-order valence-electron chi connectivity index (χ3n) is 4.56. The zero-order valence-corrected chi connectivity index (χ0v) is 15.0. The minimum atomic E-state index is -0.179. The molecule has 1 aliphatic heterocycles. The Kier molecular flexibility index (Phi) is 5.44. The Hall–Kier alpha value is -0.450. The van der Waals surface area contributed by atoms with Gasteiger partial charge in [0, 0.05) is 31.2 Å². The molecule has 2 atom stereocenters. The maximum Gasteiger partial charge on any atom is 0.137 e. The van der Waals surface area contributed by atoms with Crippen LogP contribution in [0, 0.1) is 11.7 Å². The Balaban J connectivity index is 2.21. The van der Waals surface area contributed by atoms with Gasteiger partial charge in [0.1, 0.15) is 5.82 Å². The molecule has 1 saturated heterocycles. The first-order chi connectivity index (χ1) is 9.84. The zero-order valence-electron chi connectivity index (χ0n) is 13.4. The van der Waals surface area contributed by atoms with Gasteiger partial charge in [-0.25, -0.2) is 4.39 Å². The van der Waals surface area contributed by atoms with Crippen LogP contribution in [-0.4, -0.2) is 29.6 Å². The van der Waals surface area contributed by atoms with E-state index in [2.05, 4.69) is 53.8 Å². The van der Waals surface area contributed by atoms with Crippen molar-refractivity contribution in [3.8, 4) is 0 Å². The van der Waals surface area contributed by atoms with Crippen LogP contribution in [0.5, 0.6) is 0 Å². The van der Waals surface area contributed by atoms with Crippen molar-refractivity contribution in [2.75, 3.05) is 13.1 Å². The minimum absolute atomic E-state index is 0.101. The van der Waals surface area contributed by atoms with Crippen LogP contribution >= 0.6 is 15.9 Å². The number of nitrogens with zero attached hydrogens (tertiary/aromatic N) is 1. The lowest BCUT2D eigenvalue weighted by atomic mass is 9.90. The van der Waals surface area contributed by atoms with Crippen LogP contribution in [0.25, 0.3) is 0 Å². The molecule has 1 aromatic carbocycles. The van der Waals surface area contributed by atoms with Crippen LogP contribution in [0.15, 0.2) is 22.7 Å². The lowest BCUT2D eigenvalue weighted by molar-refractivity contribution is 0.0569. The van der Waals surface area contributed by atoms with Crippen molar-refractivity contribution in [3.63, 3.8) is 0 Å². The van der Waals surface area contributed by atoms with E-state index in [4.69, 9.17) is 0 Å². The largest absolute Gasteiger partial charge is 0.309 e. The van der Waals surface area contributed by atoms with E-state index in [9.17, 15) is 4.39 Å². The molecular weight excluding hydrogens is 331 g/mol. The number of hydrogen-bond donors (Lipinski definition) is 1. The van der Waals surface area contributed by atoms with E-state index in [1.807, 2.05) is 6.07 Å². The molecule has 1 heterocycles. The molecule has 0 amide bonds. The second-order valence-corrected chi connectivity index (χ2v) is 7.63. The van der Waals surface area contributed by atoms with Crippen molar-refractivity contribution in [3.05, 3.63) is 34.1 Å². The number of nitrogens with one attached hydrogen (secondary N) is 1. The Bertz CT molecular complexity index is 490. The molecule has 0 aliphatic carbocycles. The van der Waals surface area contributed by atoms with Crippen LogP contribution in [0.2, 0.25) is 0 Å². The van der Waals surface area contributed by atoms with Gasteiger partial charge in [0.25, 0.3) is 0 Å². The maximum atomic E-state index is 13.7. The normalized spacial score (nSPS) is 24.0. The van der Waals surface area contributed by atoms with Crippen molar-refractivity contribution >= 4 is 15.9 Å². The summed E-state index contributed by atoms with van der Waals surface area (Å²) in [7, 11) is 0. The molecule has 1 fully saturated rings. The highest BCUT2D eigenvalue weighted by Crippen LogP contribution is 2.27. The number of hydrogen-bond acceptors (Lipinski definition) is 2. The van der Waals surface area contributed by atoms with Gasteiger partial charge in [-0.05, 0) is 47.3 Å². The van der Waals surface area contributed by atoms with E-state index < -0.39 is 0 Å². The van der Waals surface area contributed by atoms with Gasteiger partial charge in [0.2, 0.25) is 0 Å². The fourth-order valence-electron chi connectivity index (χ4n) is 3.09. The Labute approximate surface area is 136 Å². The van der Waals surface area contributed by atoms with Gasteiger partial charge in [-0.1, -0.05) is 32.4 Å². The Morgan fingerprint density at radius 3 is 2.86 bits per heavy atom. The van der Waals surface area contributed by atoms with Gasteiger partial charge < -0.3 is 5.32 Å². The third-order valence-corrected chi connectivity index (χ3v) is 5.45. The fourth-order valence-corrected chi connectivity index (χ4v) is 3.48. The third kappa shape index (κ3) is 4.05. The van der Waals surface area contributed by atoms with Crippen LogP contribution in [0.3, 0.4) is 0 Å². The van der Waals surface area contributed by atoms with E-state index >= 15 is 0 Å². The lowest BCUT2D eigenvalue weighted by Gasteiger charge is -2.47. The molecule has 2 rings (SSSR count). The summed E-state index contributed by atoms with van der Waals surface area (Å²) >= 11 is 3.39. The summed E-state index contributed by atoms with van der Waals surface area (Å²) in [6, 6.07) is 5.80. The van der Waals surface area contributed by atoms with E-state index in [0.717, 1.165) is 31.6 Å². The highest BCUT2D eigenvalue weighted by atomic mass is 79.9. The first-order valence-corrected chi connectivity index (χ1v) is 8.55. The highest BCUT2D eigenvalue weighted by Gasteiger charge is 2.34. The summed E-state index contributed by atoms with van der Waals surface area (Å²) in [5.74, 6) is 0.447. The molecule has 0 aromatic heterocycles. The monoisotopic (exact) mass is 356 g/mol. The quantitative estimate of drug-likeness (QED) is 0.869. The predicted molar refractivity (Wildman–Crippen MR) is 89.8 cm³/mol. The first kappa shape index (κ1) is 16.9. The van der Waals surface area contributed by atoms with Gasteiger partial charge in [-0.15, -0.1) is 0 Å². The fraction of sp³-hybridized carbons (Fsp3) is 0.647. The van der Waals surface area contributed by atoms with Gasteiger partial charge in [0.05, 0.1) is 4.47 Å². The summed E-state index contributed by atoms with van der Waals surface area (Å²) in [6.07, 6.45) is 1.16. The van der Waals surface area contributed by atoms with E-state index in [1.54, 1.807) is 6.07 Å². The number of benzene rings is 1. The van der Waals surface area contributed by atoms with Gasteiger partial charge in [0.15, 0.2) is 0 Å². The highest BCUT2D eigenvalue weighted by molar-refractivity contribution is 9.10. The molecule has 1 aliphatic rings. The topological polar surface area (TPSA) is 15.3 Å². The van der Waals surface area contributed by atoms with Crippen LogP contribution in [0.4, 0.5) is 4.39 Å². The molecule has 21 heavy (non-hydrogen) atoms. The molecule has 0 radical (unpaired) electrons. The summed E-state index contributed by atoms with van der Waals surface area (Å²) in [5, 5.41) is 3.64. The molecule has 2 nitrogen and oxygen atoms in total.